The standard InChI is InChI=1S/C7H6N2S2/c8-3-6-11-7(10)9-4-1-2-5-9/h1-2,4-5H,6H2. The van der Waals surface area contributed by atoms with Crippen LogP contribution in [0.1, 0.15) is 0 Å². The van der Waals surface area contributed by atoms with Crippen LogP contribution in [0.3, 0.4) is 0 Å². The van der Waals surface area contributed by atoms with E-state index in [0.29, 0.717) is 5.75 Å². The summed E-state index contributed by atoms with van der Waals surface area (Å²) in [6.45, 7) is 0. The minimum atomic E-state index is 0.414. The zero-order valence-electron chi connectivity index (χ0n) is 5.73. The monoisotopic (exact) mass is 182 g/mol. The lowest BCUT2D eigenvalue weighted by molar-refractivity contribution is 1.22. The van der Waals surface area contributed by atoms with Crippen molar-refractivity contribution >= 4 is 28.3 Å². The van der Waals surface area contributed by atoms with Crippen LogP contribution in [0.5, 0.6) is 0 Å². The molecule has 0 spiro atoms. The van der Waals surface area contributed by atoms with Gasteiger partial charge in [0.25, 0.3) is 0 Å². The number of aromatic nitrogens is 1. The van der Waals surface area contributed by atoms with Crippen molar-refractivity contribution in [3.05, 3.63) is 24.5 Å². The molecule has 0 aromatic carbocycles. The predicted octanol–water partition coefficient (Wildman–Crippen LogP) is 1.88. The Bertz CT molecular complexity index is 271. The average Bonchev–Trinajstić information content (AvgIpc) is 2.52. The van der Waals surface area contributed by atoms with Crippen LogP contribution in [0.25, 0.3) is 0 Å². The number of hydrogen-bond acceptors (Lipinski definition) is 3. The lowest BCUT2D eigenvalue weighted by Crippen LogP contribution is -2.01. The van der Waals surface area contributed by atoms with Crippen LogP contribution in [0, 0.1) is 11.3 Å². The van der Waals surface area contributed by atoms with E-state index in [1.807, 2.05) is 35.2 Å². The van der Waals surface area contributed by atoms with Gasteiger partial charge in [0, 0.05) is 12.4 Å². The van der Waals surface area contributed by atoms with E-state index in [1.54, 1.807) is 0 Å². The molecule has 0 aliphatic heterocycles. The molecule has 0 radical (unpaired) electrons. The molecule has 0 fully saturated rings. The molecule has 0 saturated carbocycles. The zero-order chi connectivity index (χ0) is 8.10. The molecule has 0 aliphatic carbocycles. The van der Waals surface area contributed by atoms with Gasteiger partial charge < -0.3 is 4.57 Å². The minimum absolute atomic E-state index is 0.414. The Hall–Kier alpha value is -0.790. The molecule has 0 aliphatic rings. The molecule has 0 bridgehead atoms. The van der Waals surface area contributed by atoms with E-state index < -0.39 is 0 Å². The molecule has 0 amide bonds. The van der Waals surface area contributed by atoms with E-state index in [1.165, 1.54) is 11.8 Å². The highest BCUT2D eigenvalue weighted by Crippen LogP contribution is 2.06. The maximum Gasteiger partial charge on any atom is 0.145 e. The number of nitriles is 1. The molecule has 4 heteroatoms. The molecule has 0 atom stereocenters. The minimum Gasteiger partial charge on any atom is -0.310 e. The third-order valence-electron chi connectivity index (χ3n) is 1.08. The fourth-order valence-electron chi connectivity index (χ4n) is 0.625. The highest BCUT2D eigenvalue weighted by atomic mass is 32.2. The molecular weight excluding hydrogens is 176 g/mol. The van der Waals surface area contributed by atoms with Crippen LogP contribution >= 0.6 is 24.0 Å². The molecule has 1 aromatic rings. The molecule has 11 heavy (non-hydrogen) atoms. The fraction of sp³-hybridized carbons (Fsp3) is 0.143. The van der Waals surface area contributed by atoms with Crippen molar-refractivity contribution in [2.75, 3.05) is 5.75 Å². The van der Waals surface area contributed by atoms with Crippen molar-refractivity contribution in [3.8, 4) is 6.07 Å². The summed E-state index contributed by atoms with van der Waals surface area (Å²) < 4.78 is 2.54. The lowest BCUT2D eigenvalue weighted by atomic mass is 10.7. The van der Waals surface area contributed by atoms with E-state index >= 15 is 0 Å². The summed E-state index contributed by atoms with van der Waals surface area (Å²) in [5.74, 6) is 0.414. The van der Waals surface area contributed by atoms with Gasteiger partial charge in [0.1, 0.15) is 4.32 Å². The predicted molar refractivity (Wildman–Crippen MR) is 50.5 cm³/mol. The summed E-state index contributed by atoms with van der Waals surface area (Å²) in [5, 5.41) is 8.27. The fourth-order valence-corrected chi connectivity index (χ4v) is 1.38. The third kappa shape index (κ3) is 2.37. The quantitative estimate of drug-likeness (QED) is 0.621. The molecule has 56 valence electrons. The van der Waals surface area contributed by atoms with Gasteiger partial charge in [-0.3, -0.25) is 0 Å². The normalized spacial score (nSPS) is 9.00. The van der Waals surface area contributed by atoms with Crippen molar-refractivity contribution in [1.29, 1.82) is 5.26 Å². The summed E-state index contributed by atoms with van der Waals surface area (Å²) in [4.78, 5) is 0. The smallest absolute Gasteiger partial charge is 0.145 e. The van der Waals surface area contributed by atoms with Crippen LogP contribution in [0.2, 0.25) is 0 Å². The Morgan fingerprint density at radius 1 is 1.55 bits per heavy atom. The maximum absolute atomic E-state index is 8.27. The molecular formula is C7H6N2S2. The van der Waals surface area contributed by atoms with Gasteiger partial charge in [-0.2, -0.15) is 5.26 Å². The SMILES string of the molecule is N#CCSC(=S)n1cccc1. The van der Waals surface area contributed by atoms with Crippen molar-refractivity contribution in [2.45, 2.75) is 0 Å². The Balaban J connectivity index is 2.51. The zero-order valence-corrected chi connectivity index (χ0v) is 7.36. The van der Waals surface area contributed by atoms with E-state index in [0.717, 1.165) is 4.32 Å². The second-order valence-corrected chi connectivity index (χ2v) is 3.41. The van der Waals surface area contributed by atoms with Gasteiger partial charge in [0.05, 0.1) is 11.8 Å². The molecule has 0 saturated heterocycles. The highest BCUT2D eigenvalue weighted by molar-refractivity contribution is 8.23. The Labute approximate surface area is 74.8 Å². The lowest BCUT2D eigenvalue weighted by Gasteiger charge is -1.99. The Kier molecular flexibility index (Phi) is 3.14. The summed E-state index contributed by atoms with van der Waals surface area (Å²) in [6, 6.07) is 5.83. The number of nitrogens with zero attached hydrogens (tertiary/aromatic N) is 2. The van der Waals surface area contributed by atoms with Gasteiger partial charge in [-0.1, -0.05) is 24.0 Å². The van der Waals surface area contributed by atoms with Crippen LogP contribution in [0.15, 0.2) is 24.5 Å². The van der Waals surface area contributed by atoms with Crippen molar-refractivity contribution < 1.29 is 0 Å². The summed E-state index contributed by atoms with van der Waals surface area (Å²) in [7, 11) is 0. The van der Waals surface area contributed by atoms with E-state index in [4.69, 9.17) is 17.5 Å². The molecule has 0 N–H and O–H groups in total. The van der Waals surface area contributed by atoms with Crippen LogP contribution in [-0.2, 0) is 0 Å². The molecule has 1 heterocycles. The van der Waals surface area contributed by atoms with E-state index in [-0.39, 0.29) is 0 Å². The number of rotatable bonds is 1. The van der Waals surface area contributed by atoms with Crippen LogP contribution in [-0.4, -0.2) is 14.6 Å². The Morgan fingerprint density at radius 3 is 2.73 bits per heavy atom. The largest absolute Gasteiger partial charge is 0.310 e. The second kappa shape index (κ2) is 4.16. The van der Waals surface area contributed by atoms with Crippen molar-refractivity contribution in [2.24, 2.45) is 0 Å². The highest BCUT2D eigenvalue weighted by Gasteiger charge is 1.96. The molecule has 2 nitrogen and oxygen atoms in total. The summed E-state index contributed by atoms with van der Waals surface area (Å²) >= 11 is 6.38. The van der Waals surface area contributed by atoms with Crippen LogP contribution in [0.4, 0.5) is 0 Å². The van der Waals surface area contributed by atoms with Gasteiger partial charge in [-0.15, -0.1) is 0 Å². The number of thiocarbonyl (C=S) groups is 1. The first kappa shape index (κ1) is 8.31. The first-order valence-electron chi connectivity index (χ1n) is 3.01. The van der Waals surface area contributed by atoms with Gasteiger partial charge in [-0.25, -0.2) is 0 Å². The van der Waals surface area contributed by atoms with Gasteiger partial charge in [0.2, 0.25) is 0 Å². The molecule has 1 aromatic heterocycles. The van der Waals surface area contributed by atoms with Crippen molar-refractivity contribution in [3.63, 3.8) is 0 Å². The van der Waals surface area contributed by atoms with E-state index in [2.05, 4.69) is 0 Å². The second-order valence-electron chi connectivity index (χ2n) is 1.80. The first-order chi connectivity index (χ1) is 5.34. The van der Waals surface area contributed by atoms with Gasteiger partial charge in [0.15, 0.2) is 0 Å². The number of hydrogen-bond donors (Lipinski definition) is 0. The van der Waals surface area contributed by atoms with Gasteiger partial charge in [-0.05, 0) is 12.1 Å². The number of thioether (sulfide) groups is 1. The maximum atomic E-state index is 8.27. The average molecular weight is 182 g/mol. The molecule has 1 rings (SSSR count). The van der Waals surface area contributed by atoms with Gasteiger partial charge >= 0.3 is 0 Å². The third-order valence-corrected chi connectivity index (χ3v) is 2.37. The summed E-state index contributed by atoms with van der Waals surface area (Å²) in [6.07, 6.45) is 3.74. The van der Waals surface area contributed by atoms with Crippen LogP contribution < -0.4 is 0 Å². The molecule has 0 unspecified atom stereocenters. The van der Waals surface area contributed by atoms with E-state index in [9.17, 15) is 0 Å². The first-order valence-corrected chi connectivity index (χ1v) is 4.41. The van der Waals surface area contributed by atoms with Crippen molar-refractivity contribution in [1.82, 2.24) is 4.57 Å². The summed E-state index contributed by atoms with van der Waals surface area (Å²) in [5.41, 5.74) is 0. The topological polar surface area (TPSA) is 28.7 Å². The Morgan fingerprint density at radius 2 is 2.18 bits per heavy atom.